The maximum Gasteiger partial charge on any atom is 0.295 e. The second-order valence-electron chi connectivity index (χ2n) is 5.23. The van der Waals surface area contributed by atoms with Crippen LogP contribution in [-0.4, -0.2) is 29.7 Å². The van der Waals surface area contributed by atoms with Crippen LogP contribution in [-0.2, 0) is 4.74 Å². The van der Waals surface area contributed by atoms with E-state index in [0.29, 0.717) is 18.7 Å². The third-order valence-electron chi connectivity index (χ3n) is 3.56. The third-order valence-corrected chi connectivity index (χ3v) is 3.56. The Morgan fingerprint density at radius 3 is 3.00 bits per heavy atom. The van der Waals surface area contributed by atoms with Gasteiger partial charge in [-0.25, -0.2) is 4.98 Å². The molecule has 1 fully saturated rings. The van der Waals surface area contributed by atoms with E-state index in [1.165, 1.54) is 18.9 Å². The van der Waals surface area contributed by atoms with Crippen molar-refractivity contribution in [2.75, 3.05) is 25.1 Å². The molecule has 0 radical (unpaired) electrons. The van der Waals surface area contributed by atoms with Crippen molar-refractivity contribution < 1.29 is 9.66 Å². The van der Waals surface area contributed by atoms with Gasteiger partial charge in [0.05, 0.1) is 11.5 Å². The molecule has 1 aromatic carbocycles. The van der Waals surface area contributed by atoms with Crippen LogP contribution in [0.5, 0.6) is 0 Å². The fraction of sp³-hybridized carbons (Fsp3) is 0.400. The lowest BCUT2D eigenvalue weighted by Crippen LogP contribution is -2.11. The molecule has 2 aromatic rings. The van der Waals surface area contributed by atoms with Gasteiger partial charge in [-0.15, -0.1) is 0 Å². The topological polar surface area (TPSA) is 77.3 Å². The first-order valence-corrected chi connectivity index (χ1v) is 7.09. The van der Waals surface area contributed by atoms with E-state index in [-0.39, 0.29) is 5.69 Å². The average molecular weight is 287 g/mol. The molecule has 110 valence electrons. The minimum Gasteiger partial charge on any atom is -0.382 e. The monoisotopic (exact) mass is 287 g/mol. The number of nitro benzene ring substituents is 1. The fourth-order valence-corrected chi connectivity index (χ4v) is 2.25. The number of nitrogens with zero attached hydrogens (tertiary/aromatic N) is 2. The van der Waals surface area contributed by atoms with Crippen LogP contribution in [0.15, 0.2) is 30.5 Å². The Balaban J connectivity index is 1.69. The van der Waals surface area contributed by atoms with Gasteiger partial charge in [0.25, 0.3) is 5.69 Å². The molecule has 1 aromatic heterocycles. The molecule has 1 aliphatic rings. The molecule has 1 N–H and O–H groups in total. The summed E-state index contributed by atoms with van der Waals surface area (Å²) in [6.07, 6.45) is 4.13. The molecule has 0 bridgehead atoms. The van der Waals surface area contributed by atoms with E-state index in [1.54, 1.807) is 18.3 Å². The molecule has 0 aliphatic heterocycles. The van der Waals surface area contributed by atoms with Crippen molar-refractivity contribution in [2.24, 2.45) is 5.92 Å². The Morgan fingerprint density at radius 2 is 2.24 bits per heavy atom. The molecule has 6 nitrogen and oxygen atoms in total. The average Bonchev–Trinajstić information content (AvgIpc) is 3.30. The molecule has 0 atom stereocenters. The van der Waals surface area contributed by atoms with Crippen LogP contribution in [0.25, 0.3) is 10.9 Å². The number of rotatable bonds is 7. The maximum absolute atomic E-state index is 11.0. The predicted molar refractivity (Wildman–Crippen MR) is 80.4 cm³/mol. The van der Waals surface area contributed by atoms with Crippen LogP contribution in [0.1, 0.15) is 12.8 Å². The minimum atomic E-state index is -0.405. The number of hydrogen-bond acceptors (Lipinski definition) is 5. The second kappa shape index (κ2) is 6.05. The number of hydrogen-bond donors (Lipinski definition) is 1. The number of pyridine rings is 1. The van der Waals surface area contributed by atoms with Gasteiger partial charge in [-0.1, -0.05) is 0 Å². The summed E-state index contributed by atoms with van der Waals surface area (Å²) >= 11 is 0. The summed E-state index contributed by atoms with van der Waals surface area (Å²) < 4.78 is 5.57. The standard InChI is InChI=1S/C15H17N3O3/c19-18(20)14-6-5-13(12-2-1-7-17-15(12)14)16-8-9-21-10-11-3-4-11/h1-2,5-7,11,16H,3-4,8-10H2. The van der Waals surface area contributed by atoms with Crippen molar-refractivity contribution in [3.63, 3.8) is 0 Å². The summed E-state index contributed by atoms with van der Waals surface area (Å²) in [6, 6.07) is 6.83. The molecular weight excluding hydrogens is 270 g/mol. The van der Waals surface area contributed by atoms with Gasteiger partial charge in [-0.3, -0.25) is 10.1 Å². The zero-order valence-corrected chi connectivity index (χ0v) is 11.6. The van der Waals surface area contributed by atoms with Crippen molar-refractivity contribution in [1.82, 2.24) is 4.98 Å². The fourth-order valence-electron chi connectivity index (χ4n) is 2.25. The zero-order chi connectivity index (χ0) is 14.7. The Labute approximate surface area is 122 Å². The lowest BCUT2D eigenvalue weighted by molar-refractivity contribution is -0.383. The Morgan fingerprint density at radius 1 is 1.38 bits per heavy atom. The molecule has 6 heteroatoms. The van der Waals surface area contributed by atoms with Crippen LogP contribution in [0.2, 0.25) is 0 Å². The van der Waals surface area contributed by atoms with E-state index >= 15 is 0 Å². The van der Waals surface area contributed by atoms with Crippen LogP contribution in [0, 0.1) is 16.0 Å². The van der Waals surface area contributed by atoms with Crippen molar-refractivity contribution >= 4 is 22.3 Å². The highest BCUT2D eigenvalue weighted by molar-refractivity contribution is 5.96. The zero-order valence-electron chi connectivity index (χ0n) is 11.6. The Hall–Kier alpha value is -2.21. The Kier molecular flexibility index (Phi) is 3.96. The molecule has 0 amide bonds. The molecule has 0 unspecified atom stereocenters. The van der Waals surface area contributed by atoms with Crippen molar-refractivity contribution in [3.05, 3.63) is 40.6 Å². The molecule has 1 saturated carbocycles. The largest absolute Gasteiger partial charge is 0.382 e. The van der Waals surface area contributed by atoms with E-state index in [0.717, 1.165) is 23.6 Å². The first kappa shape index (κ1) is 13.8. The Bertz CT molecular complexity index is 656. The lowest BCUT2D eigenvalue weighted by Gasteiger charge is -2.10. The third kappa shape index (κ3) is 3.28. The summed E-state index contributed by atoms with van der Waals surface area (Å²) in [7, 11) is 0. The highest BCUT2D eigenvalue weighted by Gasteiger charge is 2.21. The van der Waals surface area contributed by atoms with Gasteiger partial charge in [0.2, 0.25) is 0 Å². The number of non-ortho nitro benzene ring substituents is 1. The summed E-state index contributed by atoms with van der Waals surface area (Å²) in [5.74, 6) is 0.759. The van der Waals surface area contributed by atoms with Crippen LogP contribution >= 0.6 is 0 Å². The van der Waals surface area contributed by atoms with Gasteiger partial charge in [0, 0.05) is 36.5 Å². The first-order valence-electron chi connectivity index (χ1n) is 7.09. The maximum atomic E-state index is 11.0. The number of fused-ring (bicyclic) bond motifs is 1. The van der Waals surface area contributed by atoms with Gasteiger partial charge in [-0.05, 0) is 37.0 Å². The molecule has 1 aliphatic carbocycles. The highest BCUT2D eigenvalue weighted by atomic mass is 16.6. The van der Waals surface area contributed by atoms with Gasteiger partial charge >= 0.3 is 0 Å². The molecule has 3 rings (SSSR count). The lowest BCUT2D eigenvalue weighted by atomic mass is 10.1. The summed E-state index contributed by atoms with van der Waals surface area (Å²) in [5, 5.41) is 15.0. The molecule has 21 heavy (non-hydrogen) atoms. The number of anilines is 1. The van der Waals surface area contributed by atoms with E-state index in [4.69, 9.17) is 4.74 Å². The smallest absolute Gasteiger partial charge is 0.295 e. The normalized spacial score (nSPS) is 14.3. The second-order valence-corrected chi connectivity index (χ2v) is 5.23. The number of aromatic nitrogens is 1. The van der Waals surface area contributed by atoms with Crippen molar-refractivity contribution in [3.8, 4) is 0 Å². The summed E-state index contributed by atoms with van der Waals surface area (Å²) in [6.45, 7) is 2.15. The van der Waals surface area contributed by atoms with Crippen LogP contribution in [0.4, 0.5) is 11.4 Å². The van der Waals surface area contributed by atoms with Crippen molar-refractivity contribution in [1.29, 1.82) is 0 Å². The summed E-state index contributed by atoms with van der Waals surface area (Å²) in [4.78, 5) is 14.7. The summed E-state index contributed by atoms with van der Waals surface area (Å²) in [5.41, 5.74) is 1.28. The first-order chi connectivity index (χ1) is 10.3. The van der Waals surface area contributed by atoms with Crippen LogP contribution in [0.3, 0.4) is 0 Å². The number of ether oxygens (including phenoxy) is 1. The molecule has 0 spiro atoms. The van der Waals surface area contributed by atoms with Gasteiger partial charge in [0.1, 0.15) is 5.52 Å². The molecule has 0 saturated heterocycles. The van der Waals surface area contributed by atoms with E-state index in [1.807, 2.05) is 6.07 Å². The number of benzene rings is 1. The minimum absolute atomic E-state index is 0.0288. The van der Waals surface area contributed by atoms with E-state index in [2.05, 4.69) is 10.3 Å². The van der Waals surface area contributed by atoms with E-state index < -0.39 is 4.92 Å². The highest BCUT2D eigenvalue weighted by Crippen LogP contribution is 2.30. The quantitative estimate of drug-likeness (QED) is 0.481. The molecule has 1 heterocycles. The number of nitrogens with one attached hydrogen (secondary N) is 1. The van der Waals surface area contributed by atoms with Gasteiger partial charge < -0.3 is 10.1 Å². The predicted octanol–water partition coefficient (Wildman–Crippen LogP) is 2.98. The van der Waals surface area contributed by atoms with E-state index in [9.17, 15) is 10.1 Å². The molecular formula is C15H17N3O3. The van der Waals surface area contributed by atoms with Crippen LogP contribution < -0.4 is 5.32 Å². The van der Waals surface area contributed by atoms with Gasteiger partial charge in [-0.2, -0.15) is 0 Å². The SMILES string of the molecule is O=[N+]([O-])c1ccc(NCCOCC2CC2)c2cccnc12. The van der Waals surface area contributed by atoms with Gasteiger partial charge in [0.15, 0.2) is 0 Å². The number of nitro groups is 1. The van der Waals surface area contributed by atoms with Crippen molar-refractivity contribution in [2.45, 2.75) is 12.8 Å².